The van der Waals surface area contributed by atoms with E-state index in [2.05, 4.69) is 21.2 Å². The van der Waals surface area contributed by atoms with Crippen molar-refractivity contribution in [2.75, 3.05) is 6.54 Å². The van der Waals surface area contributed by atoms with Gasteiger partial charge in [-0.1, -0.05) is 0 Å². The summed E-state index contributed by atoms with van der Waals surface area (Å²) in [7, 11) is 0. The van der Waals surface area contributed by atoms with E-state index in [0.29, 0.717) is 12.2 Å². The zero-order chi connectivity index (χ0) is 11.8. The van der Waals surface area contributed by atoms with E-state index in [1.165, 1.54) is 6.33 Å². The molecule has 0 fully saturated rings. The third-order valence-electron chi connectivity index (χ3n) is 2.87. The minimum absolute atomic E-state index is 0.0385. The van der Waals surface area contributed by atoms with Crippen molar-refractivity contribution < 1.29 is 5.11 Å². The Hall–Kier alpha value is -2.01. The molecule has 2 aromatic rings. The molecular weight excluding hydrogens is 216 g/mol. The Bertz CT molecular complexity index is 639. The van der Waals surface area contributed by atoms with Gasteiger partial charge in [0.2, 0.25) is 0 Å². The first-order valence-corrected chi connectivity index (χ1v) is 5.43. The summed E-state index contributed by atoms with van der Waals surface area (Å²) in [5, 5.41) is 13.5. The molecule has 5 heteroatoms. The molecule has 0 radical (unpaired) electrons. The standard InChI is InChI=1S/C12H12N4O/c1-8-2-9(4-13-8)10-3-11(6-17)12-14-7-15-16(12)5-10/h2-3,5,7,17H,4,6H2,1H3. The van der Waals surface area contributed by atoms with Crippen LogP contribution in [0.5, 0.6) is 0 Å². The van der Waals surface area contributed by atoms with Gasteiger partial charge in [-0.05, 0) is 30.2 Å². The lowest BCUT2D eigenvalue weighted by atomic mass is 10.1. The van der Waals surface area contributed by atoms with Crippen LogP contribution in [0, 0.1) is 0 Å². The van der Waals surface area contributed by atoms with Crippen molar-refractivity contribution in [2.45, 2.75) is 13.5 Å². The third-order valence-corrected chi connectivity index (χ3v) is 2.87. The second-order valence-corrected chi connectivity index (χ2v) is 4.07. The van der Waals surface area contributed by atoms with Gasteiger partial charge in [0, 0.05) is 17.5 Å². The van der Waals surface area contributed by atoms with Gasteiger partial charge in [-0.3, -0.25) is 4.99 Å². The summed E-state index contributed by atoms with van der Waals surface area (Å²) in [6.07, 6.45) is 5.46. The molecule has 1 aliphatic heterocycles. The van der Waals surface area contributed by atoms with E-state index in [1.807, 2.05) is 19.2 Å². The highest BCUT2D eigenvalue weighted by Gasteiger charge is 2.11. The summed E-state index contributed by atoms with van der Waals surface area (Å²) in [5.41, 5.74) is 4.70. The summed E-state index contributed by atoms with van der Waals surface area (Å²) < 4.78 is 1.69. The monoisotopic (exact) mass is 228 g/mol. The van der Waals surface area contributed by atoms with Gasteiger partial charge in [-0.15, -0.1) is 0 Å². The van der Waals surface area contributed by atoms with E-state index < -0.39 is 0 Å². The van der Waals surface area contributed by atoms with Gasteiger partial charge in [0.05, 0.1) is 13.2 Å². The predicted molar refractivity (Wildman–Crippen MR) is 64.9 cm³/mol. The van der Waals surface area contributed by atoms with Crippen molar-refractivity contribution in [3.63, 3.8) is 0 Å². The zero-order valence-electron chi connectivity index (χ0n) is 9.46. The number of aliphatic hydroxyl groups is 1. The average molecular weight is 228 g/mol. The molecule has 0 saturated carbocycles. The molecular formula is C12H12N4O. The van der Waals surface area contributed by atoms with Crippen LogP contribution in [0.25, 0.3) is 11.2 Å². The summed E-state index contributed by atoms with van der Waals surface area (Å²) >= 11 is 0. The largest absolute Gasteiger partial charge is 0.392 e. The van der Waals surface area contributed by atoms with E-state index in [0.717, 1.165) is 22.4 Å². The maximum atomic E-state index is 9.34. The van der Waals surface area contributed by atoms with Gasteiger partial charge in [0.15, 0.2) is 5.65 Å². The first kappa shape index (κ1) is 10.2. The molecule has 0 aromatic carbocycles. The van der Waals surface area contributed by atoms with Gasteiger partial charge < -0.3 is 5.11 Å². The van der Waals surface area contributed by atoms with Crippen molar-refractivity contribution in [3.8, 4) is 0 Å². The Balaban J connectivity index is 2.15. The molecule has 0 unspecified atom stereocenters. The van der Waals surface area contributed by atoms with Crippen LogP contribution in [0.3, 0.4) is 0 Å². The fraction of sp³-hybridized carbons (Fsp3) is 0.250. The summed E-state index contributed by atoms with van der Waals surface area (Å²) in [5.74, 6) is 0. The Morgan fingerprint density at radius 3 is 3.06 bits per heavy atom. The molecule has 86 valence electrons. The average Bonchev–Trinajstić information content (AvgIpc) is 2.95. The summed E-state index contributed by atoms with van der Waals surface area (Å²) in [6, 6.07) is 1.95. The molecule has 5 nitrogen and oxygen atoms in total. The van der Waals surface area contributed by atoms with Crippen LogP contribution in [0.4, 0.5) is 0 Å². The normalized spacial score (nSPS) is 15.2. The fourth-order valence-electron chi connectivity index (χ4n) is 2.02. The van der Waals surface area contributed by atoms with Crippen LogP contribution in [-0.2, 0) is 6.61 Å². The van der Waals surface area contributed by atoms with Crippen molar-refractivity contribution in [2.24, 2.45) is 4.99 Å². The molecule has 1 aliphatic rings. The van der Waals surface area contributed by atoms with Crippen LogP contribution in [0.2, 0.25) is 0 Å². The highest BCUT2D eigenvalue weighted by atomic mass is 16.3. The van der Waals surface area contributed by atoms with E-state index >= 15 is 0 Å². The first-order chi connectivity index (χ1) is 8.28. The van der Waals surface area contributed by atoms with Gasteiger partial charge in [0.25, 0.3) is 0 Å². The van der Waals surface area contributed by atoms with E-state index in [9.17, 15) is 5.11 Å². The minimum atomic E-state index is -0.0385. The quantitative estimate of drug-likeness (QED) is 0.836. The summed E-state index contributed by atoms with van der Waals surface area (Å²) in [6.45, 7) is 2.63. The van der Waals surface area contributed by atoms with E-state index in [-0.39, 0.29) is 6.61 Å². The fourth-order valence-corrected chi connectivity index (χ4v) is 2.02. The Kier molecular flexibility index (Phi) is 2.26. The van der Waals surface area contributed by atoms with Crippen molar-refractivity contribution in [1.29, 1.82) is 0 Å². The number of allylic oxidation sites excluding steroid dienone is 1. The second-order valence-electron chi connectivity index (χ2n) is 4.07. The number of pyridine rings is 1. The van der Waals surface area contributed by atoms with Gasteiger partial charge in [0.1, 0.15) is 6.33 Å². The Morgan fingerprint density at radius 1 is 1.47 bits per heavy atom. The molecule has 17 heavy (non-hydrogen) atoms. The number of hydrogen-bond acceptors (Lipinski definition) is 4. The predicted octanol–water partition coefficient (Wildman–Crippen LogP) is 1.08. The zero-order valence-corrected chi connectivity index (χ0v) is 9.46. The number of nitrogens with zero attached hydrogens (tertiary/aromatic N) is 4. The van der Waals surface area contributed by atoms with Crippen LogP contribution in [-0.4, -0.2) is 32.0 Å². The topological polar surface area (TPSA) is 62.8 Å². The van der Waals surface area contributed by atoms with E-state index in [4.69, 9.17) is 0 Å². The van der Waals surface area contributed by atoms with Crippen molar-refractivity contribution >= 4 is 16.9 Å². The molecule has 1 N–H and O–H groups in total. The van der Waals surface area contributed by atoms with Crippen molar-refractivity contribution in [1.82, 2.24) is 14.6 Å². The highest BCUT2D eigenvalue weighted by Crippen LogP contribution is 2.21. The number of aromatic nitrogens is 3. The minimum Gasteiger partial charge on any atom is -0.392 e. The first-order valence-electron chi connectivity index (χ1n) is 5.43. The van der Waals surface area contributed by atoms with Gasteiger partial charge >= 0.3 is 0 Å². The third kappa shape index (κ3) is 1.64. The smallest absolute Gasteiger partial charge is 0.160 e. The van der Waals surface area contributed by atoms with Crippen LogP contribution < -0.4 is 0 Å². The van der Waals surface area contributed by atoms with E-state index in [1.54, 1.807) is 4.52 Å². The lowest BCUT2D eigenvalue weighted by molar-refractivity contribution is 0.282. The molecule has 3 rings (SSSR count). The second kappa shape index (κ2) is 3.78. The van der Waals surface area contributed by atoms with Gasteiger partial charge in [-0.2, -0.15) is 5.10 Å². The summed E-state index contributed by atoms with van der Waals surface area (Å²) in [4.78, 5) is 8.45. The highest BCUT2D eigenvalue weighted by molar-refractivity contribution is 6.03. The molecule has 0 saturated heterocycles. The maximum absolute atomic E-state index is 9.34. The molecule has 3 heterocycles. The molecule has 0 bridgehead atoms. The number of rotatable bonds is 2. The van der Waals surface area contributed by atoms with Crippen LogP contribution in [0.1, 0.15) is 18.1 Å². The van der Waals surface area contributed by atoms with Gasteiger partial charge in [-0.25, -0.2) is 9.50 Å². The Morgan fingerprint density at radius 2 is 2.35 bits per heavy atom. The van der Waals surface area contributed by atoms with Crippen LogP contribution in [0.15, 0.2) is 29.7 Å². The maximum Gasteiger partial charge on any atom is 0.160 e. The number of fused-ring (bicyclic) bond motifs is 1. The molecule has 0 aliphatic carbocycles. The number of aliphatic hydroxyl groups excluding tert-OH is 1. The molecule has 2 aromatic heterocycles. The lowest BCUT2D eigenvalue weighted by Gasteiger charge is -2.05. The number of hydrogen-bond donors (Lipinski definition) is 1. The van der Waals surface area contributed by atoms with Crippen LogP contribution >= 0.6 is 0 Å². The SMILES string of the molecule is CC1=NCC(c2cc(CO)c3ncnn3c2)=C1. The molecule has 0 atom stereocenters. The Labute approximate surface area is 98.1 Å². The molecule has 0 amide bonds. The lowest BCUT2D eigenvalue weighted by Crippen LogP contribution is -1.98. The van der Waals surface area contributed by atoms with Crippen molar-refractivity contribution in [3.05, 3.63) is 35.8 Å². The number of aliphatic imine (C=N–C) groups is 1. The molecule has 0 spiro atoms.